The van der Waals surface area contributed by atoms with E-state index in [1.807, 2.05) is 6.07 Å². The number of fused-ring (bicyclic) bond motifs is 1. The molecule has 2 aromatic rings. The maximum atomic E-state index is 5.95. The van der Waals surface area contributed by atoms with E-state index in [9.17, 15) is 0 Å². The minimum atomic E-state index is -0.00597. The summed E-state index contributed by atoms with van der Waals surface area (Å²) in [7, 11) is 0. The monoisotopic (exact) mass is 287 g/mol. The van der Waals surface area contributed by atoms with Crippen LogP contribution >= 0.6 is 0 Å². The lowest BCUT2D eigenvalue weighted by Gasteiger charge is -2.48. The van der Waals surface area contributed by atoms with Crippen LogP contribution in [0.25, 0.3) is 10.9 Å². The fourth-order valence-electron chi connectivity index (χ4n) is 3.52. The van der Waals surface area contributed by atoms with Crippen molar-refractivity contribution in [2.45, 2.75) is 25.4 Å². The summed E-state index contributed by atoms with van der Waals surface area (Å²) in [5, 5.41) is 1.21. The third-order valence-electron chi connectivity index (χ3n) is 4.53. The van der Waals surface area contributed by atoms with Gasteiger partial charge in [-0.25, -0.2) is 0 Å². The Balaban J connectivity index is 1.34. The molecular formula is C17H21NO3. The van der Waals surface area contributed by atoms with E-state index >= 15 is 0 Å². The van der Waals surface area contributed by atoms with Gasteiger partial charge in [0.05, 0.1) is 32.0 Å². The average Bonchev–Trinajstić information content (AvgIpc) is 2.83. The molecule has 2 heterocycles. The van der Waals surface area contributed by atoms with Gasteiger partial charge in [0.15, 0.2) is 0 Å². The lowest BCUT2D eigenvalue weighted by Crippen LogP contribution is -2.54. The van der Waals surface area contributed by atoms with Gasteiger partial charge < -0.3 is 19.2 Å². The number of hydrogen-bond acceptors (Lipinski definition) is 3. The number of nitrogens with one attached hydrogen (secondary N) is 1. The Morgan fingerprint density at radius 3 is 3.00 bits per heavy atom. The summed E-state index contributed by atoms with van der Waals surface area (Å²) < 4.78 is 17.3. The first kappa shape index (κ1) is 13.2. The minimum absolute atomic E-state index is 0.00597. The normalized spacial score (nSPS) is 28.7. The Hall–Kier alpha value is -1.52. The Bertz CT molecular complexity index is 635. The van der Waals surface area contributed by atoms with Gasteiger partial charge in [0.25, 0.3) is 0 Å². The Kier molecular flexibility index (Phi) is 3.16. The number of ether oxygens (including phenoxy) is 3. The number of benzene rings is 1. The molecule has 1 spiro atoms. The first-order chi connectivity index (χ1) is 10.2. The van der Waals surface area contributed by atoms with Crippen LogP contribution in [0.5, 0.6) is 5.75 Å². The summed E-state index contributed by atoms with van der Waals surface area (Å²) in [4.78, 5) is 3.33. The molecule has 21 heavy (non-hydrogen) atoms. The van der Waals surface area contributed by atoms with Gasteiger partial charge in [0.1, 0.15) is 5.75 Å². The maximum Gasteiger partial charge on any atom is 0.120 e. The van der Waals surface area contributed by atoms with Crippen molar-refractivity contribution in [2.24, 2.45) is 5.92 Å². The van der Waals surface area contributed by atoms with E-state index in [4.69, 9.17) is 14.2 Å². The molecule has 0 bridgehead atoms. The summed E-state index contributed by atoms with van der Waals surface area (Å²) in [5.74, 6) is 1.53. The van der Waals surface area contributed by atoms with E-state index < -0.39 is 0 Å². The van der Waals surface area contributed by atoms with E-state index in [0.29, 0.717) is 5.92 Å². The van der Waals surface area contributed by atoms with Crippen LogP contribution in [-0.4, -0.2) is 37.0 Å². The summed E-state index contributed by atoms with van der Waals surface area (Å²) in [6, 6.07) is 8.37. The van der Waals surface area contributed by atoms with Crippen molar-refractivity contribution in [3.63, 3.8) is 0 Å². The predicted octanol–water partition coefficient (Wildman–Crippen LogP) is 3.05. The molecule has 4 rings (SSSR count). The van der Waals surface area contributed by atoms with Crippen LogP contribution in [0.1, 0.15) is 18.5 Å². The molecule has 0 radical (unpaired) electrons. The number of aromatic amines is 1. The molecular weight excluding hydrogens is 266 g/mol. The first-order valence-electron chi connectivity index (χ1n) is 7.66. The van der Waals surface area contributed by atoms with Gasteiger partial charge in [-0.3, -0.25) is 0 Å². The predicted molar refractivity (Wildman–Crippen MR) is 80.8 cm³/mol. The zero-order chi connectivity index (χ0) is 14.3. The quantitative estimate of drug-likeness (QED) is 0.943. The first-order valence-corrected chi connectivity index (χ1v) is 7.66. The molecule has 112 valence electrons. The van der Waals surface area contributed by atoms with Gasteiger partial charge >= 0.3 is 0 Å². The molecule has 0 amide bonds. The standard InChI is InChI=1S/C17H21NO3/c1-12-6-14-7-15(2-3-16(14)18-12)20-10-13-8-17(9-13)11-19-4-5-21-17/h2-3,6-7,13,18H,4-5,8-11H2,1H3. The largest absolute Gasteiger partial charge is 0.493 e. The highest BCUT2D eigenvalue weighted by atomic mass is 16.6. The lowest BCUT2D eigenvalue weighted by molar-refractivity contribution is -0.212. The second-order valence-corrected chi connectivity index (χ2v) is 6.37. The van der Waals surface area contributed by atoms with Crippen LogP contribution in [-0.2, 0) is 9.47 Å². The van der Waals surface area contributed by atoms with Gasteiger partial charge in [-0.1, -0.05) is 0 Å². The third kappa shape index (κ3) is 2.54. The minimum Gasteiger partial charge on any atom is -0.493 e. The van der Waals surface area contributed by atoms with Crippen LogP contribution in [0.2, 0.25) is 0 Å². The zero-order valence-electron chi connectivity index (χ0n) is 12.4. The molecule has 1 aromatic carbocycles. The highest BCUT2D eigenvalue weighted by molar-refractivity contribution is 5.81. The van der Waals surface area contributed by atoms with Crippen molar-refractivity contribution < 1.29 is 14.2 Å². The number of aromatic nitrogens is 1. The second-order valence-electron chi connectivity index (χ2n) is 6.37. The molecule has 1 aromatic heterocycles. The van der Waals surface area contributed by atoms with Crippen molar-refractivity contribution in [1.29, 1.82) is 0 Å². The topological polar surface area (TPSA) is 43.5 Å². The van der Waals surface area contributed by atoms with E-state index in [0.717, 1.165) is 50.5 Å². The summed E-state index contributed by atoms with van der Waals surface area (Å²) in [6.45, 7) is 5.05. The smallest absolute Gasteiger partial charge is 0.120 e. The van der Waals surface area contributed by atoms with E-state index in [2.05, 4.69) is 30.1 Å². The SMILES string of the molecule is Cc1cc2cc(OCC3CC4(COCCO4)C3)ccc2[nH]1. The molecule has 2 fully saturated rings. The van der Waals surface area contributed by atoms with Crippen molar-refractivity contribution in [3.8, 4) is 5.75 Å². The van der Waals surface area contributed by atoms with Crippen molar-refractivity contribution >= 4 is 10.9 Å². The van der Waals surface area contributed by atoms with E-state index in [1.165, 1.54) is 11.1 Å². The third-order valence-corrected chi connectivity index (χ3v) is 4.53. The highest BCUT2D eigenvalue weighted by Crippen LogP contribution is 2.42. The van der Waals surface area contributed by atoms with Crippen LogP contribution in [0, 0.1) is 12.8 Å². The van der Waals surface area contributed by atoms with Crippen LogP contribution < -0.4 is 4.74 Å². The molecule has 0 unspecified atom stereocenters. The van der Waals surface area contributed by atoms with Crippen molar-refractivity contribution in [2.75, 3.05) is 26.4 Å². The molecule has 1 saturated carbocycles. The number of H-pyrrole nitrogens is 1. The molecule has 2 aliphatic rings. The average molecular weight is 287 g/mol. The van der Waals surface area contributed by atoms with Gasteiger partial charge in [-0.15, -0.1) is 0 Å². The van der Waals surface area contributed by atoms with Gasteiger partial charge in [0.2, 0.25) is 0 Å². The number of rotatable bonds is 3. The Labute approximate surface area is 124 Å². The fraction of sp³-hybridized carbons (Fsp3) is 0.529. The van der Waals surface area contributed by atoms with Gasteiger partial charge in [0, 0.05) is 16.6 Å². The van der Waals surface area contributed by atoms with Gasteiger partial charge in [-0.05, 0) is 49.9 Å². The fourth-order valence-corrected chi connectivity index (χ4v) is 3.52. The molecule has 1 aliphatic carbocycles. The highest BCUT2D eigenvalue weighted by Gasteiger charge is 2.47. The summed E-state index contributed by atoms with van der Waals surface area (Å²) >= 11 is 0. The van der Waals surface area contributed by atoms with Crippen molar-refractivity contribution in [1.82, 2.24) is 4.98 Å². The molecule has 1 N–H and O–H groups in total. The summed E-state index contributed by atoms with van der Waals surface area (Å²) in [5.41, 5.74) is 2.33. The van der Waals surface area contributed by atoms with Crippen molar-refractivity contribution in [3.05, 3.63) is 30.0 Å². The van der Waals surface area contributed by atoms with Crippen LogP contribution in [0.4, 0.5) is 0 Å². The number of aryl methyl sites for hydroxylation is 1. The maximum absolute atomic E-state index is 5.95. The Morgan fingerprint density at radius 1 is 1.29 bits per heavy atom. The molecule has 4 nitrogen and oxygen atoms in total. The zero-order valence-corrected chi connectivity index (χ0v) is 12.4. The lowest BCUT2D eigenvalue weighted by atomic mass is 9.71. The molecule has 0 atom stereocenters. The molecule has 1 aliphatic heterocycles. The summed E-state index contributed by atoms with van der Waals surface area (Å²) in [6.07, 6.45) is 2.11. The molecule has 1 saturated heterocycles. The Morgan fingerprint density at radius 2 is 2.19 bits per heavy atom. The van der Waals surface area contributed by atoms with Crippen LogP contribution in [0.3, 0.4) is 0 Å². The van der Waals surface area contributed by atoms with Crippen LogP contribution in [0.15, 0.2) is 24.3 Å². The number of hydrogen-bond donors (Lipinski definition) is 1. The van der Waals surface area contributed by atoms with E-state index in [1.54, 1.807) is 0 Å². The second kappa shape index (κ2) is 5.04. The van der Waals surface area contributed by atoms with Gasteiger partial charge in [-0.2, -0.15) is 0 Å². The molecule has 4 heteroatoms. The van der Waals surface area contributed by atoms with E-state index in [-0.39, 0.29) is 5.60 Å².